The zero-order valence-electron chi connectivity index (χ0n) is 10.0. The maximum atomic E-state index is 5.37. The van der Waals surface area contributed by atoms with E-state index in [-0.39, 0.29) is 0 Å². The Balaban J connectivity index is 1.78. The molecule has 1 saturated heterocycles. The molecule has 94 valence electrons. The molecule has 0 radical (unpaired) electrons. The van der Waals surface area contributed by atoms with Crippen LogP contribution in [-0.2, 0) is 11.2 Å². The second kappa shape index (κ2) is 4.78. The molecule has 0 saturated carbocycles. The molecule has 6 heteroatoms. The van der Waals surface area contributed by atoms with Gasteiger partial charge in [0.25, 0.3) is 0 Å². The summed E-state index contributed by atoms with van der Waals surface area (Å²) in [5.74, 6) is 2.21. The molecule has 0 bridgehead atoms. The van der Waals surface area contributed by atoms with Gasteiger partial charge in [-0.3, -0.25) is 0 Å². The molecule has 0 aliphatic carbocycles. The van der Waals surface area contributed by atoms with E-state index in [0.717, 1.165) is 44.0 Å². The van der Waals surface area contributed by atoms with Gasteiger partial charge in [-0.1, -0.05) is 0 Å². The van der Waals surface area contributed by atoms with E-state index in [2.05, 4.69) is 15.8 Å². The summed E-state index contributed by atoms with van der Waals surface area (Å²) >= 11 is 1.90. The molecular weight excluding hydrogens is 236 g/mol. The van der Waals surface area contributed by atoms with Crippen LogP contribution >= 0.6 is 11.8 Å². The minimum atomic E-state index is 0.509. The lowest BCUT2D eigenvalue weighted by Gasteiger charge is -2.23. The van der Waals surface area contributed by atoms with Crippen LogP contribution < -0.4 is 10.7 Å². The summed E-state index contributed by atoms with van der Waals surface area (Å²) in [5, 5.41) is 8.14. The van der Waals surface area contributed by atoms with Gasteiger partial charge in [0.1, 0.15) is 0 Å². The number of aromatic nitrogens is 2. The largest absolute Gasteiger partial charge is 0.381 e. The molecule has 2 N–H and O–H groups in total. The highest BCUT2D eigenvalue weighted by Crippen LogP contribution is 2.37. The molecule has 0 aromatic carbocycles. The van der Waals surface area contributed by atoms with Crippen molar-refractivity contribution in [3.8, 4) is 0 Å². The number of ether oxygens (including phenoxy) is 1. The summed E-state index contributed by atoms with van der Waals surface area (Å²) in [6, 6.07) is 0.509. The number of thioether (sulfide) groups is 1. The minimum absolute atomic E-state index is 0.509. The monoisotopic (exact) mass is 254 g/mol. The first-order chi connectivity index (χ1) is 8.38. The van der Waals surface area contributed by atoms with Gasteiger partial charge >= 0.3 is 0 Å². The van der Waals surface area contributed by atoms with Gasteiger partial charge in [0, 0.05) is 38.5 Å². The highest BCUT2D eigenvalue weighted by atomic mass is 32.2. The van der Waals surface area contributed by atoms with Crippen LogP contribution in [0.4, 0.5) is 5.82 Å². The Bertz CT molecular complexity index is 400. The van der Waals surface area contributed by atoms with Crippen molar-refractivity contribution in [1.82, 2.24) is 9.89 Å². The third kappa shape index (κ3) is 2.11. The van der Waals surface area contributed by atoms with E-state index in [1.54, 1.807) is 0 Å². The highest BCUT2D eigenvalue weighted by molar-refractivity contribution is 7.99. The Morgan fingerprint density at radius 2 is 2.24 bits per heavy atom. The third-order valence-electron chi connectivity index (χ3n) is 3.29. The number of hydrogen-bond acceptors (Lipinski definition) is 5. The molecule has 0 amide bonds. The molecule has 0 spiro atoms. The lowest BCUT2D eigenvalue weighted by molar-refractivity contribution is 0.0903. The van der Waals surface area contributed by atoms with Gasteiger partial charge in [-0.05, 0) is 12.8 Å². The van der Waals surface area contributed by atoms with E-state index < -0.39 is 0 Å². The Morgan fingerprint density at radius 3 is 3.00 bits per heavy atom. The van der Waals surface area contributed by atoms with Crippen molar-refractivity contribution >= 4 is 17.6 Å². The minimum Gasteiger partial charge on any atom is -0.381 e. The molecule has 0 atom stereocenters. The smallest absolute Gasteiger partial charge is 0.164 e. The lowest BCUT2D eigenvalue weighted by Crippen LogP contribution is -2.28. The van der Waals surface area contributed by atoms with E-state index in [1.165, 1.54) is 10.6 Å². The summed E-state index contributed by atoms with van der Waals surface area (Å²) < 4.78 is 5.37. The molecule has 0 unspecified atom stereocenters. The Kier molecular flexibility index (Phi) is 3.15. The molecule has 3 heterocycles. The fourth-order valence-electron chi connectivity index (χ4n) is 2.37. The Hall–Kier alpha value is -0.880. The normalized spacial score (nSPS) is 20.3. The number of rotatable bonds is 3. The predicted molar refractivity (Wildman–Crippen MR) is 69.4 cm³/mol. The number of fused-ring (bicyclic) bond motifs is 1. The molecule has 3 rings (SSSR count). The van der Waals surface area contributed by atoms with E-state index in [4.69, 9.17) is 4.74 Å². The number of nitrogens with one attached hydrogen (secondary N) is 2. The maximum absolute atomic E-state index is 5.37. The molecule has 2 aliphatic rings. The molecule has 1 aromatic heterocycles. The van der Waals surface area contributed by atoms with Crippen molar-refractivity contribution in [3.05, 3.63) is 5.69 Å². The van der Waals surface area contributed by atoms with Gasteiger partial charge in [0.15, 0.2) is 5.82 Å². The molecule has 1 aromatic rings. The molecular formula is C11H18N4OS. The molecule has 1 fully saturated rings. The van der Waals surface area contributed by atoms with Crippen LogP contribution in [0, 0.1) is 0 Å². The van der Waals surface area contributed by atoms with Crippen molar-refractivity contribution in [3.63, 3.8) is 0 Å². The summed E-state index contributed by atoms with van der Waals surface area (Å²) in [4.78, 5) is 3.22. The molecule has 5 nitrogen and oxygen atoms in total. The van der Waals surface area contributed by atoms with Crippen LogP contribution in [0.15, 0.2) is 4.90 Å². The van der Waals surface area contributed by atoms with Crippen LogP contribution in [0.1, 0.15) is 18.5 Å². The van der Waals surface area contributed by atoms with Crippen LogP contribution in [-0.4, -0.2) is 41.9 Å². The predicted octanol–water partition coefficient (Wildman–Crippen LogP) is 1.30. The summed E-state index contributed by atoms with van der Waals surface area (Å²) in [6.07, 6.45) is 3.25. The van der Waals surface area contributed by atoms with Gasteiger partial charge in [0.2, 0.25) is 0 Å². The zero-order valence-corrected chi connectivity index (χ0v) is 10.8. The summed E-state index contributed by atoms with van der Waals surface area (Å²) in [6.45, 7) is 1.72. The average molecular weight is 254 g/mol. The standard InChI is InChI=1S/C11H18N4OS/c1-12-15-9-4-7-17-10(9)11(14-15)13-8-2-5-16-6-3-8/h8,12H,2-7H2,1H3,(H,13,14). The Labute approximate surface area is 105 Å². The van der Waals surface area contributed by atoms with Crippen molar-refractivity contribution in [2.45, 2.75) is 30.2 Å². The SMILES string of the molecule is CNn1nc(NC2CCOCC2)c2c1CCS2. The Morgan fingerprint density at radius 1 is 1.41 bits per heavy atom. The highest BCUT2D eigenvalue weighted by Gasteiger charge is 2.25. The molecule has 17 heavy (non-hydrogen) atoms. The van der Waals surface area contributed by atoms with E-state index >= 15 is 0 Å². The van der Waals surface area contributed by atoms with Crippen LogP contribution in [0.25, 0.3) is 0 Å². The van der Waals surface area contributed by atoms with Crippen LogP contribution in [0.3, 0.4) is 0 Å². The maximum Gasteiger partial charge on any atom is 0.164 e. The topological polar surface area (TPSA) is 51.1 Å². The number of hydrogen-bond donors (Lipinski definition) is 2. The van der Waals surface area contributed by atoms with Gasteiger partial charge in [-0.2, -0.15) is 4.79 Å². The number of anilines is 1. The van der Waals surface area contributed by atoms with Gasteiger partial charge in [0.05, 0.1) is 10.6 Å². The van der Waals surface area contributed by atoms with Crippen LogP contribution in [0.2, 0.25) is 0 Å². The summed E-state index contributed by atoms with van der Waals surface area (Å²) in [7, 11) is 1.91. The van der Waals surface area contributed by atoms with Gasteiger partial charge in [-0.15, -0.1) is 16.9 Å². The van der Waals surface area contributed by atoms with Crippen LogP contribution in [0.5, 0.6) is 0 Å². The summed E-state index contributed by atoms with van der Waals surface area (Å²) in [5.41, 5.74) is 4.42. The fourth-order valence-corrected chi connectivity index (χ4v) is 3.47. The van der Waals surface area contributed by atoms with Crippen molar-refractivity contribution in [2.24, 2.45) is 0 Å². The lowest BCUT2D eigenvalue weighted by atomic mass is 10.1. The third-order valence-corrected chi connectivity index (χ3v) is 4.42. The average Bonchev–Trinajstić information content (AvgIpc) is 2.94. The quantitative estimate of drug-likeness (QED) is 0.851. The first kappa shape index (κ1) is 11.2. The zero-order chi connectivity index (χ0) is 11.7. The van der Waals surface area contributed by atoms with Gasteiger partial charge < -0.3 is 15.5 Å². The second-order valence-corrected chi connectivity index (χ2v) is 5.49. The molecule has 2 aliphatic heterocycles. The fraction of sp³-hybridized carbons (Fsp3) is 0.727. The number of nitrogens with zero attached hydrogens (tertiary/aromatic N) is 2. The van der Waals surface area contributed by atoms with E-state index in [9.17, 15) is 0 Å². The first-order valence-corrected chi connectivity index (χ1v) is 7.14. The second-order valence-electron chi connectivity index (χ2n) is 4.39. The first-order valence-electron chi connectivity index (χ1n) is 6.15. The van der Waals surface area contributed by atoms with Crippen molar-refractivity contribution in [1.29, 1.82) is 0 Å². The van der Waals surface area contributed by atoms with Crippen molar-refractivity contribution < 1.29 is 4.74 Å². The van der Waals surface area contributed by atoms with Crippen molar-refractivity contribution in [2.75, 3.05) is 36.8 Å². The van der Waals surface area contributed by atoms with E-state index in [0.29, 0.717) is 6.04 Å². The van der Waals surface area contributed by atoms with Gasteiger partial charge in [-0.25, -0.2) is 0 Å². The van der Waals surface area contributed by atoms with E-state index in [1.807, 2.05) is 23.6 Å².